The van der Waals surface area contributed by atoms with E-state index in [1.165, 1.54) is 0 Å². The van der Waals surface area contributed by atoms with Crippen molar-refractivity contribution < 1.29 is 14.0 Å². The van der Waals surface area contributed by atoms with Crippen molar-refractivity contribution in [2.24, 2.45) is 0 Å². The zero-order valence-electron chi connectivity index (χ0n) is 9.43. The minimum atomic E-state index is -3.52. The number of unbranched alkanes of at least 4 members (excludes halogenated alkanes) is 1. The molecule has 1 unspecified atom stereocenters. The highest BCUT2D eigenvalue weighted by molar-refractivity contribution is 7.53. The first kappa shape index (κ1) is 13.0. The van der Waals surface area contributed by atoms with Crippen molar-refractivity contribution in [2.75, 3.05) is 6.16 Å². The summed E-state index contributed by atoms with van der Waals surface area (Å²) in [6.45, 7) is 5.60. The van der Waals surface area contributed by atoms with Crippen LogP contribution >= 0.6 is 7.60 Å². The van der Waals surface area contributed by atoms with Gasteiger partial charge in [0.2, 0.25) is 0 Å². The number of hydrogen-bond acceptors (Lipinski definition) is 2. The lowest BCUT2D eigenvalue weighted by Gasteiger charge is -2.14. The molecule has 1 N–H and O–H groups in total. The Morgan fingerprint density at radius 2 is 2.19 bits per heavy atom. The molecule has 0 radical (unpaired) electrons. The molecule has 0 spiro atoms. The van der Waals surface area contributed by atoms with E-state index in [1.54, 1.807) is 24.3 Å². The number of rotatable bonds is 6. The maximum absolute atomic E-state index is 11.7. The highest BCUT2D eigenvalue weighted by Crippen LogP contribution is 2.44. The first-order valence-corrected chi connectivity index (χ1v) is 7.08. The lowest BCUT2D eigenvalue weighted by Crippen LogP contribution is -1.98. The first-order chi connectivity index (χ1) is 7.59. The summed E-state index contributed by atoms with van der Waals surface area (Å²) in [6, 6.07) is 7.06. The van der Waals surface area contributed by atoms with Crippen LogP contribution in [0.1, 0.15) is 25.3 Å². The van der Waals surface area contributed by atoms with Crippen molar-refractivity contribution in [1.82, 2.24) is 0 Å². The normalized spacial score (nSPS) is 14.1. The van der Waals surface area contributed by atoms with Gasteiger partial charge >= 0.3 is 7.60 Å². The van der Waals surface area contributed by atoms with Crippen LogP contribution in [0.4, 0.5) is 0 Å². The number of hydrogen-bond donors (Lipinski definition) is 1. The van der Waals surface area contributed by atoms with Gasteiger partial charge in [-0.05, 0) is 12.5 Å². The topological polar surface area (TPSA) is 46.5 Å². The third-order valence-electron chi connectivity index (χ3n) is 2.17. The van der Waals surface area contributed by atoms with E-state index in [9.17, 15) is 9.46 Å². The molecule has 3 nitrogen and oxygen atoms in total. The summed E-state index contributed by atoms with van der Waals surface area (Å²) in [5, 5.41) is 0. The Hall–Kier alpha value is -1.05. The van der Waals surface area contributed by atoms with Crippen LogP contribution in [0, 0.1) is 0 Å². The van der Waals surface area contributed by atoms with E-state index in [0.29, 0.717) is 12.2 Å². The molecule has 88 valence electrons. The fourth-order valence-electron chi connectivity index (χ4n) is 1.29. The molecule has 1 atom stereocenters. The predicted octanol–water partition coefficient (Wildman–Crippen LogP) is 3.69. The lowest BCUT2D eigenvalue weighted by molar-refractivity contribution is 0.377. The van der Waals surface area contributed by atoms with Gasteiger partial charge in [0.25, 0.3) is 0 Å². The molecule has 0 amide bonds. The van der Waals surface area contributed by atoms with Crippen molar-refractivity contribution in [3.05, 3.63) is 36.4 Å². The Kier molecular flexibility index (Phi) is 4.78. The molecule has 0 heterocycles. The fraction of sp³-hybridized carbons (Fsp3) is 0.333. The fourth-order valence-corrected chi connectivity index (χ4v) is 2.57. The van der Waals surface area contributed by atoms with Crippen LogP contribution in [0.5, 0.6) is 5.75 Å². The molecule has 0 fully saturated rings. The summed E-state index contributed by atoms with van der Waals surface area (Å²) >= 11 is 0. The molecule has 16 heavy (non-hydrogen) atoms. The summed E-state index contributed by atoms with van der Waals surface area (Å²) in [6.07, 6.45) is 3.35. The van der Waals surface area contributed by atoms with E-state index in [1.807, 2.05) is 13.0 Å². The molecular weight excluding hydrogens is 223 g/mol. The maximum atomic E-state index is 11.7. The molecule has 0 aromatic heterocycles. The van der Waals surface area contributed by atoms with Gasteiger partial charge in [0.05, 0.1) is 6.16 Å². The van der Waals surface area contributed by atoms with E-state index in [4.69, 9.17) is 4.52 Å². The van der Waals surface area contributed by atoms with Gasteiger partial charge in [0.15, 0.2) is 0 Å². The molecular formula is C12H17O3P. The first-order valence-electron chi connectivity index (χ1n) is 5.32. The highest BCUT2D eigenvalue weighted by Gasteiger charge is 2.20. The lowest BCUT2D eigenvalue weighted by atomic mass is 10.2. The Balaban J connectivity index is 2.79. The second-order valence-electron chi connectivity index (χ2n) is 3.55. The molecule has 1 aromatic carbocycles. The molecule has 0 aliphatic rings. The van der Waals surface area contributed by atoms with E-state index >= 15 is 0 Å². The van der Waals surface area contributed by atoms with E-state index in [0.717, 1.165) is 12.0 Å². The van der Waals surface area contributed by atoms with Gasteiger partial charge in [-0.15, -0.1) is 0 Å². The van der Waals surface area contributed by atoms with Crippen LogP contribution in [0.15, 0.2) is 30.8 Å². The highest BCUT2D eigenvalue weighted by atomic mass is 31.2. The average Bonchev–Trinajstić information content (AvgIpc) is 2.27. The Bertz CT molecular complexity index is 401. The predicted molar refractivity (Wildman–Crippen MR) is 66.8 cm³/mol. The summed E-state index contributed by atoms with van der Waals surface area (Å²) in [7, 11) is -3.52. The Labute approximate surface area is 96.3 Å². The Morgan fingerprint density at radius 3 is 2.81 bits per heavy atom. The largest absolute Gasteiger partial charge is 0.424 e. The maximum Gasteiger partial charge on any atom is 0.376 e. The third-order valence-corrected chi connectivity index (χ3v) is 3.54. The monoisotopic (exact) mass is 240 g/mol. The molecule has 0 saturated carbocycles. The summed E-state index contributed by atoms with van der Waals surface area (Å²) in [5.74, 6) is 0.416. The van der Waals surface area contributed by atoms with Gasteiger partial charge in [0.1, 0.15) is 5.75 Å². The van der Waals surface area contributed by atoms with Crippen LogP contribution in [0.25, 0.3) is 6.08 Å². The van der Waals surface area contributed by atoms with Crippen molar-refractivity contribution in [3.63, 3.8) is 0 Å². The van der Waals surface area contributed by atoms with Gasteiger partial charge in [-0.3, -0.25) is 0 Å². The average molecular weight is 240 g/mol. The van der Waals surface area contributed by atoms with Crippen LogP contribution in [0.3, 0.4) is 0 Å². The van der Waals surface area contributed by atoms with Crippen molar-refractivity contribution in [1.29, 1.82) is 0 Å². The van der Waals surface area contributed by atoms with E-state index in [-0.39, 0.29) is 6.16 Å². The van der Waals surface area contributed by atoms with Crippen LogP contribution < -0.4 is 4.52 Å². The van der Waals surface area contributed by atoms with Crippen LogP contribution in [-0.2, 0) is 4.57 Å². The molecule has 0 bridgehead atoms. The minimum Gasteiger partial charge on any atom is -0.424 e. The Morgan fingerprint density at radius 1 is 1.50 bits per heavy atom. The quantitative estimate of drug-likeness (QED) is 0.771. The van der Waals surface area contributed by atoms with E-state index in [2.05, 4.69) is 6.58 Å². The minimum absolute atomic E-state index is 0.189. The third kappa shape index (κ3) is 3.84. The second-order valence-corrected chi connectivity index (χ2v) is 5.45. The van der Waals surface area contributed by atoms with Gasteiger partial charge in [-0.25, -0.2) is 4.57 Å². The van der Waals surface area contributed by atoms with E-state index < -0.39 is 7.60 Å². The number of para-hydroxylation sites is 1. The van der Waals surface area contributed by atoms with Gasteiger partial charge in [-0.2, -0.15) is 0 Å². The molecule has 4 heteroatoms. The van der Waals surface area contributed by atoms with Crippen molar-refractivity contribution in [2.45, 2.75) is 19.8 Å². The zero-order chi connectivity index (χ0) is 12.0. The number of benzene rings is 1. The molecule has 0 saturated heterocycles. The van der Waals surface area contributed by atoms with Gasteiger partial charge in [0, 0.05) is 5.56 Å². The molecule has 0 aliphatic heterocycles. The van der Waals surface area contributed by atoms with Gasteiger partial charge in [-0.1, -0.05) is 44.2 Å². The summed E-state index contributed by atoms with van der Waals surface area (Å²) in [5.41, 5.74) is 0.730. The van der Waals surface area contributed by atoms with Gasteiger partial charge < -0.3 is 9.42 Å². The standard InChI is InChI=1S/C12H17O3P/c1-3-5-10-16(13,14)15-12-9-7-6-8-11(12)4-2/h4,6-9H,2-3,5,10H2,1H3,(H,13,14). The van der Waals surface area contributed by atoms with Crippen LogP contribution in [-0.4, -0.2) is 11.1 Å². The van der Waals surface area contributed by atoms with Crippen LogP contribution in [0.2, 0.25) is 0 Å². The molecule has 1 aromatic rings. The van der Waals surface area contributed by atoms with Crippen molar-refractivity contribution >= 4 is 13.7 Å². The zero-order valence-corrected chi connectivity index (χ0v) is 10.3. The second kappa shape index (κ2) is 5.88. The SMILES string of the molecule is C=Cc1ccccc1OP(=O)(O)CCCC. The van der Waals surface area contributed by atoms with Crippen molar-refractivity contribution in [3.8, 4) is 5.75 Å². The molecule has 0 aliphatic carbocycles. The molecule has 1 rings (SSSR count). The smallest absolute Gasteiger partial charge is 0.376 e. The summed E-state index contributed by atoms with van der Waals surface area (Å²) in [4.78, 5) is 9.62. The summed E-state index contributed by atoms with van der Waals surface area (Å²) < 4.78 is 16.9.